The molecule has 0 radical (unpaired) electrons. The van der Waals surface area contributed by atoms with E-state index >= 15 is 0 Å². The molecule has 2 N–H and O–H groups in total. The molecule has 0 spiro atoms. The minimum atomic E-state index is -0.706. The van der Waals surface area contributed by atoms with Crippen LogP contribution in [0.15, 0.2) is 23.2 Å². The summed E-state index contributed by atoms with van der Waals surface area (Å²) in [4.78, 5) is 3.77. The predicted molar refractivity (Wildman–Crippen MR) is 57.1 cm³/mol. The highest BCUT2D eigenvalue weighted by atomic mass is 19.1. The minimum absolute atomic E-state index is 0.200. The third kappa shape index (κ3) is 2.75. The molecule has 0 saturated heterocycles. The average molecular weight is 212 g/mol. The van der Waals surface area contributed by atoms with Crippen LogP contribution in [0.2, 0.25) is 0 Å². The second-order valence-corrected chi connectivity index (χ2v) is 4.32. The number of nitrogens with two attached hydrogens (primary N) is 1. The number of hydrogen-bond donors (Lipinski definition) is 1. The van der Waals surface area contributed by atoms with Crippen LogP contribution < -0.4 is 5.73 Å². The van der Waals surface area contributed by atoms with Gasteiger partial charge < -0.3 is 5.73 Å². The largest absolute Gasteiger partial charge is 0.387 e. The van der Waals surface area contributed by atoms with Crippen molar-refractivity contribution in [3.63, 3.8) is 0 Å². The van der Waals surface area contributed by atoms with Crippen molar-refractivity contribution in [1.29, 1.82) is 0 Å². The van der Waals surface area contributed by atoms with Gasteiger partial charge in [0.05, 0.1) is 0 Å². The molecule has 1 aromatic rings. The molecule has 0 heterocycles. The number of benzene rings is 1. The van der Waals surface area contributed by atoms with Crippen LogP contribution in [-0.2, 0) is 0 Å². The summed E-state index contributed by atoms with van der Waals surface area (Å²) in [6, 6.07) is 3.59. The lowest BCUT2D eigenvalue weighted by molar-refractivity contribution is 0.573. The van der Waals surface area contributed by atoms with Crippen LogP contribution in [0, 0.1) is 17.0 Å². The van der Waals surface area contributed by atoms with Gasteiger partial charge in [-0.05, 0) is 12.1 Å². The number of rotatable bonds is 1. The minimum Gasteiger partial charge on any atom is -0.387 e. The van der Waals surface area contributed by atoms with E-state index in [4.69, 9.17) is 5.73 Å². The van der Waals surface area contributed by atoms with Gasteiger partial charge in [0.2, 0.25) is 0 Å². The summed E-state index contributed by atoms with van der Waals surface area (Å²) in [7, 11) is 0. The van der Waals surface area contributed by atoms with E-state index in [2.05, 4.69) is 4.99 Å². The Kier molecular flexibility index (Phi) is 3.07. The zero-order valence-electron chi connectivity index (χ0n) is 9.01. The van der Waals surface area contributed by atoms with Crippen LogP contribution in [-0.4, -0.2) is 5.84 Å². The van der Waals surface area contributed by atoms with Gasteiger partial charge in [0.25, 0.3) is 0 Å². The van der Waals surface area contributed by atoms with E-state index in [0.29, 0.717) is 0 Å². The fourth-order valence-corrected chi connectivity index (χ4v) is 0.884. The summed E-state index contributed by atoms with van der Waals surface area (Å²) >= 11 is 0. The summed E-state index contributed by atoms with van der Waals surface area (Å²) in [6.07, 6.45) is 0. The maximum Gasteiger partial charge on any atom is 0.151 e. The SMILES string of the molecule is CC(C)(C)C(N)=Nc1c(F)cccc1F. The lowest BCUT2D eigenvalue weighted by Gasteiger charge is -2.17. The van der Waals surface area contributed by atoms with Gasteiger partial charge in [0.15, 0.2) is 11.6 Å². The summed E-state index contributed by atoms with van der Waals surface area (Å²) in [5.74, 6) is -1.21. The number of aliphatic imine (C=N–C) groups is 1. The van der Waals surface area contributed by atoms with Crippen LogP contribution in [0.4, 0.5) is 14.5 Å². The normalized spacial score (nSPS) is 13.0. The predicted octanol–water partition coefficient (Wildman–Crippen LogP) is 3.00. The Labute approximate surface area is 87.8 Å². The molecule has 0 bridgehead atoms. The number of amidine groups is 1. The molecule has 15 heavy (non-hydrogen) atoms. The van der Waals surface area contributed by atoms with Crippen molar-refractivity contribution in [1.82, 2.24) is 0 Å². The van der Waals surface area contributed by atoms with Crippen molar-refractivity contribution in [3.05, 3.63) is 29.8 Å². The molecule has 0 aromatic heterocycles. The van der Waals surface area contributed by atoms with Crippen molar-refractivity contribution < 1.29 is 8.78 Å². The van der Waals surface area contributed by atoms with Gasteiger partial charge in [-0.25, -0.2) is 13.8 Å². The zero-order valence-corrected chi connectivity index (χ0v) is 9.01. The molecule has 4 heteroatoms. The molecule has 82 valence electrons. The zero-order chi connectivity index (χ0) is 11.6. The van der Waals surface area contributed by atoms with Gasteiger partial charge in [-0.3, -0.25) is 0 Å². The van der Waals surface area contributed by atoms with E-state index in [0.717, 1.165) is 12.1 Å². The van der Waals surface area contributed by atoms with Crippen molar-refractivity contribution in [2.24, 2.45) is 16.1 Å². The highest BCUT2D eigenvalue weighted by Crippen LogP contribution is 2.24. The first-order chi connectivity index (χ1) is 6.82. The number of halogens is 2. The summed E-state index contributed by atoms with van der Waals surface area (Å²) in [5, 5.41) is 0. The first kappa shape index (κ1) is 11.6. The number of para-hydroxylation sites is 1. The number of nitrogens with zero attached hydrogens (tertiary/aromatic N) is 1. The van der Waals surface area contributed by atoms with Gasteiger partial charge in [-0.2, -0.15) is 0 Å². The van der Waals surface area contributed by atoms with Gasteiger partial charge in [-0.1, -0.05) is 26.8 Å². The molecule has 0 aliphatic heterocycles. The highest BCUT2D eigenvalue weighted by molar-refractivity contribution is 5.87. The molecular formula is C11H14F2N2. The molecule has 0 saturated carbocycles. The van der Waals surface area contributed by atoms with E-state index in [9.17, 15) is 8.78 Å². The maximum absolute atomic E-state index is 13.2. The van der Waals surface area contributed by atoms with E-state index in [1.165, 1.54) is 6.07 Å². The van der Waals surface area contributed by atoms with Crippen molar-refractivity contribution in [3.8, 4) is 0 Å². The van der Waals surface area contributed by atoms with Crippen LogP contribution in [0.25, 0.3) is 0 Å². The fourth-order valence-electron chi connectivity index (χ4n) is 0.884. The Bertz CT molecular complexity index is 372. The standard InChI is InChI=1S/C11H14F2N2/c1-11(2,3)10(14)15-9-7(12)5-4-6-8(9)13/h4-6H,1-3H3,(H2,14,15). The van der Waals surface area contributed by atoms with Gasteiger partial charge in [0, 0.05) is 5.41 Å². The van der Waals surface area contributed by atoms with E-state index in [1.54, 1.807) is 0 Å². The second kappa shape index (κ2) is 3.96. The van der Waals surface area contributed by atoms with E-state index < -0.39 is 17.0 Å². The monoisotopic (exact) mass is 212 g/mol. The fraction of sp³-hybridized carbons (Fsp3) is 0.364. The number of hydrogen-bond acceptors (Lipinski definition) is 1. The molecule has 0 atom stereocenters. The maximum atomic E-state index is 13.2. The first-order valence-electron chi connectivity index (χ1n) is 4.61. The molecular weight excluding hydrogens is 198 g/mol. The molecule has 0 fully saturated rings. The van der Waals surface area contributed by atoms with E-state index in [-0.39, 0.29) is 11.5 Å². The van der Waals surface area contributed by atoms with Crippen molar-refractivity contribution >= 4 is 11.5 Å². The Hall–Kier alpha value is -1.45. The van der Waals surface area contributed by atoms with Crippen LogP contribution >= 0.6 is 0 Å². The van der Waals surface area contributed by atoms with Crippen LogP contribution in [0.1, 0.15) is 20.8 Å². The topological polar surface area (TPSA) is 38.4 Å². The smallest absolute Gasteiger partial charge is 0.151 e. The third-order valence-electron chi connectivity index (χ3n) is 1.94. The molecule has 1 rings (SSSR count). The molecule has 0 unspecified atom stereocenters. The molecule has 0 aliphatic rings. The summed E-state index contributed by atoms with van der Waals surface area (Å²) in [6.45, 7) is 5.47. The van der Waals surface area contributed by atoms with Gasteiger partial charge in [0.1, 0.15) is 11.5 Å². The summed E-state index contributed by atoms with van der Waals surface area (Å²) in [5.41, 5.74) is 4.90. The van der Waals surface area contributed by atoms with Crippen molar-refractivity contribution in [2.45, 2.75) is 20.8 Å². The first-order valence-corrected chi connectivity index (χ1v) is 4.61. The highest BCUT2D eigenvalue weighted by Gasteiger charge is 2.17. The lowest BCUT2D eigenvalue weighted by Crippen LogP contribution is -2.28. The Balaban J connectivity index is 3.19. The lowest BCUT2D eigenvalue weighted by atomic mass is 9.95. The average Bonchev–Trinajstić information content (AvgIpc) is 2.09. The van der Waals surface area contributed by atoms with Gasteiger partial charge >= 0.3 is 0 Å². The van der Waals surface area contributed by atoms with E-state index in [1.807, 2.05) is 20.8 Å². The molecule has 1 aromatic carbocycles. The molecule has 2 nitrogen and oxygen atoms in total. The van der Waals surface area contributed by atoms with Crippen LogP contribution in [0.5, 0.6) is 0 Å². The molecule has 0 aliphatic carbocycles. The Morgan fingerprint density at radius 2 is 1.67 bits per heavy atom. The quantitative estimate of drug-likeness (QED) is 0.564. The van der Waals surface area contributed by atoms with Gasteiger partial charge in [-0.15, -0.1) is 0 Å². The molecule has 0 amide bonds. The Morgan fingerprint density at radius 1 is 1.20 bits per heavy atom. The third-order valence-corrected chi connectivity index (χ3v) is 1.94. The van der Waals surface area contributed by atoms with Crippen molar-refractivity contribution in [2.75, 3.05) is 0 Å². The Morgan fingerprint density at radius 3 is 2.07 bits per heavy atom. The second-order valence-electron chi connectivity index (χ2n) is 4.32. The summed E-state index contributed by atoms with van der Waals surface area (Å²) < 4.78 is 26.4. The van der Waals surface area contributed by atoms with Crippen LogP contribution in [0.3, 0.4) is 0 Å².